The van der Waals surface area contributed by atoms with Gasteiger partial charge in [-0.1, -0.05) is 18.6 Å². The van der Waals surface area contributed by atoms with Crippen LogP contribution >= 0.6 is 0 Å². The predicted molar refractivity (Wildman–Crippen MR) is 74.3 cm³/mol. The van der Waals surface area contributed by atoms with E-state index in [1.54, 1.807) is 12.1 Å². The van der Waals surface area contributed by atoms with Crippen LogP contribution < -0.4 is 5.32 Å². The Morgan fingerprint density at radius 2 is 2.00 bits per heavy atom. The van der Waals surface area contributed by atoms with Crippen molar-refractivity contribution >= 4 is 9.84 Å². The summed E-state index contributed by atoms with van der Waals surface area (Å²) in [5.41, 5.74) is 1.71. The molecule has 1 aliphatic rings. The third-order valence-corrected chi connectivity index (χ3v) is 5.32. The SMILES string of the molecule is CS(=O)(=O)C1CCCC1NCc1ccc(C#N)cc1. The highest BCUT2D eigenvalue weighted by molar-refractivity contribution is 7.91. The summed E-state index contributed by atoms with van der Waals surface area (Å²) in [6, 6.07) is 9.48. The molecule has 0 heterocycles. The molecule has 102 valence electrons. The van der Waals surface area contributed by atoms with Crippen molar-refractivity contribution in [2.45, 2.75) is 37.1 Å². The van der Waals surface area contributed by atoms with Crippen LogP contribution in [0.4, 0.5) is 0 Å². The molecule has 1 saturated carbocycles. The number of sulfone groups is 1. The summed E-state index contributed by atoms with van der Waals surface area (Å²) >= 11 is 0. The van der Waals surface area contributed by atoms with E-state index >= 15 is 0 Å². The highest BCUT2D eigenvalue weighted by atomic mass is 32.2. The normalized spacial score (nSPS) is 23.2. The summed E-state index contributed by atoms with van der Waals surface area (Å²) in [5.74, 6) is 0. The van der Waals surface area contributed by atoms with Gasteiger partial charge in [-0.15, -0.1) is 0 Å². The molecule has 1 aromatic carbocycles. The quantitative estimate of drug-likeness (QED) is 0.908. The van der Waals surface area contributed by atoms with E-state index in [0.29, 0.717) is 12.1 Å². The molecule has 2 atom stereocenters. The van der Waals surface area contributed by atoms with Crippen molar-refractivity contribution in [2.75, 3.05) is 6.26 Å². The maximum atomic E-state index is 11.7. The monoisotopic (exact) mass is 278 g/mol. The highest BCUT2D eigenvalue weighted by Gasteiger charge is 2.34. The van der Waals surface area contributed by atoms with Gasteiger partial charge in [0.05, 0.1) is 16.9 Å². The van der Waals surface area contributed by atoms with E-state index in [1.807, 2.05) is 12.1 Å². The first-order valence-electron chi connectivity index (χ1n) is 6.42. The molecule has 0 radical (unpaired) electrons. The molecule has 0 aromatic heterocycles. The fourth-order valence-electron chi connectivity index (χ4n) is 2.62. The number of nitriles is 1. The molecule has 0 amide bonds. The van der Waals surface area contributed by atoms with Gasteiger partial charge in [0, 0.05) is 18.8 Å². The van der Waals surface area contributed by atoms with Crippen molar-refractivity contribution in [1.29, 1.82) is 5.26 Å². The molecule has 1 aromatic rings. The number of nitrogens with zero attached hydrogens (tertiary/aromatic N) is 1. The molecule has 0 bridgehead atoms. The van der Waals surface area contributed by atoms with Gasteiger partial charge in [0.2, 0.25) is 0 Å². The zero-order valence-electron chi connectivity index (χ0n) is 11.0. The Morgan fingerprint density at radius 3 is 2.58 bits per heavy atom. The Morgan fingerprint density at radius 1 is 1.32 bits per heavy atom. The van der Waals surface area contributed by atoms with Gasteiger partial charge >= 0.3 is 0 Å². The molecule has 0 saturated heterocycles. The predicted octanol–water partition coefficient (Wildman–Crippen LogP) is 1.61. The maximum absolute atomic E-state index is 11.7. The highest BCUT2D eigenvalue weighted by Crippen LogP contribution is 2.25. The van der Waals surface area contributed by atoms with Gasteiger partial charge in [0.25, 0.3) is 0 Å². The fraction of sp³-hybridized carbons (Fsp3) is 0.500. The van der Waals surface area contributed by atoms with E-state index in [9.17, 15) is 8.42 Å². The van der Waals surface area contributed by atoms with Crippen LogP contribution in [0.2, 0.25) is 0 Å². The average Bonchev–Trinajstić information content (AvgIpc) is 2.85. The van der Waals surface area contributed by atoms with E-state index in [4.69, 9.17) is 5.26 Å². The van der Waals surface area contributed by atoms with Crippen molar-refractivity contribution in [3.63, 3.8) is 0 Å². The van der Waals surface area contributed by atoms with Crippen LogP contribution in [0.25, 0.3) is 0 Å². The first-order chi connectivity index (χ1) is 9.00. The van der Waals surface area contributed by atoms with Crippen molar-refractivity contribution < 1.29 is 8.42 Å². The average molecular weight is 278 g/mol. The summed E-state index contributed by atoms with van der Waals surface area (Å²) in [7, 11) is -2.97. The lowest BCUT2D eigenvalue weighted by atomic mass is 10.1. The van der Waals surface area contributed by atoms with Crippen molar-refractivity contribution in [2.24, 2.45) is 0 Å². The van der Waals surface area contributed by atoms with E-state index in [1.165, 1.54) is 6.26 Å². The lowest BCUT2D eigenvalue weighted by Crippen LogP contribution is -2.39. The standard InChI is InChI=1S/C14H18N2O2S/c1-19(17,18)14-4-2-3-13(14)16-10-12-7-5-11(9-15)6-8-12/h5-8,13-14,16H,2-4,10H2,1H3. The molecule has 0 spiro atoms. The summed E-state index contributed by atoms with van der Waals surface area (Å²) in [5, 5.41) is 11.8. The Hall–Kier alpha value is -1.38. The Labute approximate surface area is 114 Å². The molecule has 0 aliphatic heterocycles. The van der Waals surface area contributed by atoms with Crippen LogP contribution in [0.5, 0.6) is 0 Å². The fourth-order valence-corrected chi connectivity index (χ4v) is 4.04. The lowest BCUT2D eigenvalue weighted by Gasteiger charge is -2.19. The van der Waals surface area contributed by atoms with Crippen LogP contribution in [0.3, 0.4) is 0 Å². The minimum Gasteiger partial charge on any atom is -0.309 e. The lowest BCUT2D eigenvalue weighted by molar-refractivity contribution is 0.507. The second-order valence-electron chi connectivity index (χ2n) is 5.10. The molecule has 1 aliphatic carbocycles. The summed E-state index contributed by atoms with van der Waals surface area (Å²) < 4.78 is 23.3. The third-order valence-electron chi connectivity index (χ3n) is 3.65. The molecular weight excluding hydrogens is 260 g/mol. The van der Waals surface area contributed by atoms with E-state index in [0.717, 1.165) is 24.8 Å². The minimum absolute atomic E-state index is 0.0469. The maximum Gasteiger partial charge on any atom is 0.151 e. The van der Waals surface area contributed by atoms with Crippen LogP contribution in [0.1, 0.15) is 30.4 Å². The van der Waals surface area contributed by atoms with Gasteiger partial charge in [-0.3, -0.25) is 0 Å². The second-order valence-corrected chi connectivity index (χ2v) is 7.36. The van der Waals surface area contributed by atoms with Gasteiger partial charge < -0.3 is 5.32 Å². The van der Waals surface area contributed by atoms with Gasteiger partial charge in [-0.25, -0.2) is 8.42 Å². The number of rotatable bonds is 4. The molecule has 1 fully saturated rings. The zero-order chi connectivity index (χ0) is 13.9. The third kappa shape index (κ3) is 3.55. The molecular formula is C14H18N2O2S. The van der Waals surface area contributed by atoms with Gasteiger partial charge in [-0.05, 0) is 30.5 Å². The van der Waals surface area contributed by atoms with Crippen LogP contribution in [0, 0.1) is 11.3 Å². The number of hydrogen-bond acceptors (Lipinski definition) is 4. The number of benzene rings is 1. The van der Waals surface area contributed by atoms with E-state index in [2.05, 4.69) is 11.4 Å². The summed E-state index contributed by atoms with van der Waals surface area (Å²) in [6.07, 6.45) is 3.94. The zero-order valence-corrected chi connectivity index (χ0v) is 11.8. The van der Waals surface area contributed by atoms with Gasteiger partial charge in [0.15, 0.2) is 9.84 Å². The van der Waals surface area contributed by atoms with Crippen LogP contribution in [-0.2, 0) is 16.4 Å². The molecule has 4 nitrogen and oxygen atoms in total. The van der Waals surface area contributed by atoms with Crippen molar-refractivity contribution in [1.82, 2.24) is 5.32 Å². The largest absolute Gasteiger partial charge is 0.309 e. The van der Waals surface area contributed by atoms with Crippen molar-refractivity contribution in [3.8, 4) is 6.07 Å². The van der Waals surface area contributed by atoms with Crippen LogP contribution in [-0.4, -0.2) is 26.0 Å². The van der Waals surface area contributed by atoms with Crippen molar-refractivity contribution in [3.05, 3.63) is 35.4 Å². The molecule has 2 rings (SSSR count). The molecule has 1 N–H and O–H groups in total. The number of nitrogens with one attached hydrogen (secondary N) is 1. The smallest absolute Gasteiger partial charge is 0.151 e. The second kappa shape index (κ2) is 5.72. The van der Waals surface area contributed by atoms with Gasteiger partial charge in [0.1, 0.15) is 0 Å². The molecule has 5 heteroatoms. The summed E-state index contributed by atoms with van der Waals surface area (Å²) in [6.45, 7) is 0.641. The Balaban J connectivity index is 1.96. The van der Waals surface area contributed by atoms with Gasteiger partial charge in [-0.2, -0.15) is 5.26 Å². The van der Waals surface area contributed by atoms with E-state index in [-0.39, 0.29) is 11.3 Å². The minimum atomic E-state index is -2.97. The summed E-state index contributed by atoms with van der Waals surface area (Å²) in [4.78, 5) is 0. The number of hydrogen-bond donors (Lipinski definition) is 1. The Bertz CT molecular complexity index is 572. The topological polar surface area (TPSA) is 70.0 Å². The van der Waals surface area contributed by atoms with E-state index < -0.39 is 9.84 Å². The first kappa shape index (κ1) is 14.0. The Kier molecular flexibility index (Phi) is 4.23. The molecule has 19 heavy (non-hydrogen) atoms. The first-order valence-corrected chi connectivity index (χ1v) is 8.37. The van der Waals surface area contributed by atoms with Crippen LogP contribution in [0.15, 0.2) is 24.3 Å². The molecule has 2 unspecified atom stereocenters.